The number of benzene rings is 1. The SMILES string of the molecule is Cn1cnc2cc(CCNC(=O)C3CCCC3)ccc21. The Bertz CT molecular complexity index is 611. The number of aryl methyl sites for hydroxylation is 1. The van der Waals surface area contributed by atoms with E-state index in [0.717, 1.165) is 30.3 Å². The van der Waals surface area contributed by atoms with Crippen LogP contribution < -0.4 is 5.32 Å². The minimum absolute atomic E-state index is 0.237. The van der Waals surface area contributed by atoms with Crippen molar-refractivity contribution in [2.45, 2.75) is 32.1 Å². The highest BCUT2D eigenvalue weighted by atomic mass is 16.1. The highest BCUT2D eigenvalue weighted by molar-refractivity contribution is 5.79. The molecule has 1 amide bonds. The van der Waals surface area contributed by atoms with Crippen molar-refractivity contribution in [1.29, 1.82) is 0 Å². The lowest BCUT2D eigenvalue weighted by atomic mass is 10.1. The molecule has 2 aromatic rings. The molecule has 0 unspecified atom stereocenters. The van der Waals surface area contributed by atoms with E-state index in [1.54, 1.807) is 0 Å². The molecule has 0 aliphatic heterocycles. The van der Waals surface area contributed by atoms with E-state index in [1.807, 2.05) is 17.9 Å². The fourth-order valence-electron chi connectivity index (χ4n) is 3.00. The second kappa shape index (κ2) is 5.65. The molecule has 1 aliphatic rings. The number of aromatic nitrogens is 2. The monoisotopic (exact) mass is 271 g/mol. The molecule has 1 N–H and O–H groups in total. The number of fused-ring (bicyclic) bond motifs is 1. The minimum atomic E-state index is 0.237. The number of nitrogens with zero attached hydrogens (tertiary/aromatic N) is 2. The van der Waals surface area contributed by atoms with Crippen molar-refractivity contribution >= 4 is 16.9 Å². The Labute approximate surface area is 119 Å². The molecule has 1 aliphatic carbocycles. The van der Waals surface area contributed by atoms with Gasteiger partial charge in [-0.2, -0.15) is 0 Å². The number of hydrogen-bond donors (Lipinski definition) is 1. The first-order valence-corrected chi connectivity index (χ1v) is 7.42. The molecule has 1 aromatic heterocycles. The standard InChI is InChI=1S/C16H21N3O/c1-19-11-18-14-10-12(6-7-15(14)19)8-9-17-16(20)13-4-2-3-5-13/h6-7,10-11,13H,2-5,8-9H2,1H3,(H,17,20). The maximum atomic E-state index is 11.9. The van der Waals surface area contributed by atoms with Crippen LogP contribution in [-0.2, 0) is 18.3 Å². The van der Waals surface area contributed by atoms with E-state index >= 15 is 0 Å². The molecule has 0 spiro atoms. The van der Waals surface area contributed by atoms with Crippen molar-refractivity contribution < 1.29 is 4.79 Å². The van der Waals surface area contributed by atoms with E-state index in [0.29, 0.717) is 6.54 Å². The average Bonchev–Trinajstić information content (AvgIpc) is 3.09. The van der Waals surface area contributed by atoms with Crippen LogP contribution in [0.4, 0.5) is 0 Å². The van der Waals surface area contributed by atoms with Gasteiger partial charge in [0.25, 0.3) is 0 Å². The summed E-state index contributed by atoms with van der Waals surface area (Å²) in [5.41, 5.74) is 3.39. The van der Waals surface area contributed by atoms with Gasteiger partial charge in [0.05, 0.1) is 17.4 Å². The molecule has 1 aromatic carbocycles. The second-order valence-corrected chi connectivity index (χ2v) is 5.70. The Morgan fingerprint density at radius 2 is 2.20 bits per heavy atom. The topological polar surface area (TPSA) is 46.9 Å². The lowest BCUT2D eigenvalue weighted by molar-refractivity contribution is -0.124. The first kappa shape index (κ1) is 13.2. The largest absolute Gasteiger partial charge is 0.356 e. The van der Waals surface area contributed by atoms with Crippen LogP contribution in [-0.4, -0.2) is 22.0 Å². The summed E-state index contributed by atoms with van der Waals surface area (Å²) in [7, 11) is 2.00. The third-order valence-electron chi connectivity index (χ3n) is 4.23. The Hall–Kier alpha value is -1.84. The number of rotatable bonds is 4. The highest BCUT2D eigenvalue weighted by Crippen LogP contribution is 2.24. The molecule has 4 nitrogen and oxygen atoms in total. The summed E-state index contributed by atoms with van der Waals surface area (Å²) in [5, 5.41) is 3.06. The van der Waals surface area contributed by atoms with Gasteiger partial charge in [0.1, 0.15) is 0 Å². The van der Waals surface area contributed by atoms with Crippen LogP contribution in [0.5, 0.6) is 0 Å². The normalized spacial score (nSPS) is 15.8. The van der Waals surface area contributed by atoms with Crippen LogP contribution in [0, 0.1) is 5.92 Å². The second-order valence-electron chi connectivity index (χ2n) is 5.70. The summed E-state index contributed by atoms with van der Waals surface area (Å²) in [6, 6.07) is 6.32. The molecule has 0 saturated heterocycles. The van der Waals surface area contributed by atoms with Crippen LogP contribution in [0.15, 0.2) is 24.5 Å². The van der Waals surface area contributed by atoms with E-state index in [1.165, 1.54) is 18.4 Å². The summed E-state index contributed by atoms with van der Waals surface area (Å²) >= 11 is 0. The molecule has 4 heteroatoms. The zero-order valence-electron chi connectivity index (χ0n) is 11.9. The van der Waals surface area contributed by atoms with Crippen molar-refractivity contribution in [2.75, 3.05) is 6.54 Å². The quantitative estimate of drug-likeness (QED) is 0.928. The number of carbonyl (C=O) groups is 1. The number of hydrogen-bond acceptors (Lipinski definition) is 2. The number of amides is 1. The third-order valence-corrected chi connectivity index (χ3v) is 4.23. The molecular formula is C16H21N3O. The Morgan fingerprint density at radius 3 is 3.00 bits per heavy atom. The molecule has 0 radical (unpaired) electrons. The molecule has 20 heavy (non-hydrogen) atoms. The molecular weight excluding hydrogens is 250 g/mol. The predicted octanol–water partition coefficient (Wildman–Crippen LogP) is 2.42. The molecule has 0 atom stereocenters. The third kappa shape index (κ3) is 2.69. The zero-order chi connectivity index (χ0) is 13.9. The van der Waals surface area contributed by atoms with Gasteiger partial charge in [0.15, 0.2) is 0 Å². The van der Waals surface area contributed by atoms with E-state index < -0.39 is 0 Å². The predicted molar refractivity (Wildman–Crippen MR) is 79.4 cm³/mol. The maximum absolute atomic E-state index is 11.9. The fourth-order valence-corrected chi connectivity index (χ4v) is 3.00. The number of carbonyl (C=O) groups excluding carboxylic acids is 1. The van der Waals surface area contributed by atoms with Gasteiger partial charge >= 0.3 is 0 Å². The van der Waals surface area contributed by atoms with Crippen LogP contribution in [0.2, 0.25) is 0 Å². The molecule has 106 valence electrons. The highest BCUT2D eigenvalue weighted by Gasteiger charge is 2.21. The summed E-state index contributed by atoms with van der Waals surface area (Å²) < 4.78 is 2.01. The van der Waals surface area contributed by atoms with Gasteiger partial charge in [-0.1, -0.05) is 18.9 Å². The first-order chi connectivity index (χ1) is 9.74. The van der Waals surface area contributed by atoms with Crippen molar-refractivity contribution in [3.63, 3.8) is 0 Å². The van der Waals surface area contributed by atoms with Gasteiger partial charge in [-0.25, -0.2) is 4.98 Å². The van der Waals surface area contributed by atoms with Crippen molar-refractivity contribution in [2.24, 2.45) is 13.0 Å². The van der Waals surface area contributed by atoms with Crippen LogP contribution in [0.3, 0.4) is 0 Å². The van der Waals surface area contributed by atoms with Crippen molar-refractivity contribution in [1.82, 2.24) is 14.9 Å². The van der Waals surface area contributed by atoms with Gasteiger partial charge in [-0.15, -0.1) is 0 Å². The first-order valence-electron chi connectivity index (χ1n) is 7.42. The minimum Gasteiger partial charge on any atom is -0.356 e. The summed E-state index contributed by atoms with van der Waals surface area (Å²) in [6.45, 7) is 0.716. The van der Waals surface area contributed by atoms with E-state index in [-0.39, 0.29) is 11.8 Å². The summed E-state index contributed by atoms with van der Waals surface area (Å²) in [4.78, 5) is 16.3. The number of imidazole rings is 1. The Kier molecular flexibility index (Phi) is 3.72. The van der Waals surface area contributed by atoms with Gasteiger partial charge in [-0.3, -0.25) is 4.79 Å². The van der Waals surface area contributed by atoms with Gasteiger partial charge < -0.3 is 9.88 Å². The lowest BCUT2D eigenvalue weighted by Gasteiger charge is -2.10. The van der Waals surface area contributed by atoms with Gasteiger partial charge in [-0.05, 0) is 37.0 Å². The fraction of sp³-hybridized carbons (Fsp3) is 0.500. The number of nitrogens with one attached hydrogen (secondary N) is 1. The Morgan fingerprint density at radius 1 is 1.40 bits per heavy atom. The summed E-state index contributed by atoms with van der Waals surface area (Å²) in [5.74, 6) is 0.495. The van der Waals surface area contributed by atoms with Gasteiger partial charge in [0, 0.05) is 19.5 Å². The molecule has 3 rings (SSSR count). The average molecular weight is 271 g/mol. The molecule has 1 heterocycles. The van der Waals surface area contributed by atoms with Crippen LogP contribution in [0.25, 0.3) is 11.0 Å². The van der Waals surface area contributed by atoms with E-state index in [4.69, 9.17) is 0 Å². The Balaban J connectivity index is 1.55. The maximum Gasteiger partial charge on any atom is 0.223 e. The van der Waals surface area contributed by atoms with E-state index in [9.17, 15) is 4.79 Å². The summed E-state index contributed by atoms with van der Waals surface area (Å²) in [6.07, 6.45) is 7.22. The van der Waals surface area contributed by atoms with Crippen molar-refractivity contribution in [3.8, 4) is 0 Å². The molecule has 1 saturated carbocycles. The van der Waals surface area contributed by atoms with E-state index in [2.05, 4.69) is 28.5 Å². The van der Waals surface area contributed by atoms with Crippen LogP contribution in [0.1, 0.15) is 31.2 Å². The smallest absolute Gasteiger partial charge is 0.223 e. The molecule has 0 bridgehead atoms. The zero-order valence-corrected chi connectivity index (χ0v) is 11.9. The van der Waals surface area contributed by atoms with Gasteiger partial charge in [0.2, 0.25) is 5.91 Å². The lowest BCUT2D eigenvalue weighted by Crippen LogP contribution is -2.30. The van der Waals surface area contributed by atoms with Crippen LogP contribution >= 0.6 is 0 Å². The van der Waals surface area contributed by atoms with Crippen molar-refractivity contribution in [3.05, 3.63) is 30.1 Å². The molecule has 1 fully saturated rings.